The number of methoxy groups -OCH3 is 3. The van der Waals surface area contributed by atoms with Crippen LogP contribution in [0.4, 0.5) is 5.69 Å². The first kappa shape index (κ1) is 23.0. The number of hydrogen-bond donors (Lipinski definition) is 0. The van der Waals surface area contributed by atoms with E-state index in [0.717, 1.165) is 57.0 Å². The summed E-state index contributed by atoms with van der Waals surface area (Å²) in [6.07, 6.45) is 1.97. The molecular weight excluding hydrogens is 422 g/mol. The molecule has 8 nitrogen and oxygen atoms in total. The highest BCUT2D eigenvalue weighted by molar-refractivity contribution is 5.98. The third-order valence-corrected chi connectivity index (χ3v) is 6.33. The van der Waals surface area contributed by atoms with Crippen molar-refractivity contribution < 1.29 is 23.7 Å². The maximum absolute atomic E-state index is 12.9. The van der Waals surface area contributed by atoms with Crippen molar-refractivity contribution in [3.63, 3.8) is 0 Å². The van der Waals surface area contributed by atoms with Gasteiger partial charge in [-0.15, -0.1) is 0 Å². The Kier molecular flexibility index (Phi) is 7.44. The fraction of sp³-hybridized carbons (Fsp3) is 0.480. The molecule has 0 N–H and O–H groups in total. The van der Waals surface area contributed by atoms with Crippen LogP contribution in [0.1, 0.15) is 23.2 Å². The summed E-state index contributed by atoms with van der Waals surface area (Å²) in [7, 11) is 4.85. The molecule has 4 rings (SSSR count). The molecule has 1 saturated heterocycles. The summed E-state index contributed by atoms with van der Waals surface area (Å²) >= 11 is 0. The molecule has 0 radical (unpaired) electrons. The summed E-state index contributed by atoms with van der Waals surface area (Å²) in [6.45, 7) is 6.00. The summed E-state index contributed by atoms with van der Waals surface area (Å²) in [6, 6.07) is 11.6. The third kappa shape index (κ3) is 5.11. The minimum atomic E-state index is -0.0253. The van der Waals surface area contributed by atoms with Crippen LogP contribution in [0.2, 0.25) is 0 Å². The molecule has 2 heterocycles. The Hall–Kier alpha value is -3.13. The normalized spacial score (nSPS) is 16.3. The monoisotopic (exact) mass is 455 g/mol. The van der Waals surface area contributed by atoms with E-state index >= 15 is 0 Å². The summed E-state index contributed by atoms with van der Waals surface area (Å²) in [5, 5.41) is 0. The highest BCUT2D eigenvalue weighted by atomic mass is 16.5. The Morgan fingerprint density at radius 2 is 1.52 bits per heavy atom. The second-order valence-electron chi connectivity index (χ2n) is 8.25. The Balaban J connectivity index is 1.22. The maximum Gasteiger partial charge on any atom is 0.260 e. The lowest BCUT2D eigenvalue weighted by Crippen LogP contribution is -2.46. The summed E-state index contributed by atoms with van der Waals surface area (Å²) in [5.74, 6) is 2.53. The third-order valence-electron chi connectivity index (χ3n) is 6.33. The van der Waals surface area contributed by atoms with Crippen molar-refractivity contribution in [3.05, 3.63) is 42.0 Å². The van der Waals surface area contributed by atoms with Crippen molar-refractivity contribution in [1.29, 1.82) is 0 Å². The molecule has 0 spiro atoms. The van der Waals surface area contributed by atoms with Crippen molar-refractivity contribution in [2.45, 2.75) is 12.8 Å². The van der Waals surface area contributed by atoms with E-state index in [-0.39, 0.29) is 12.6 Å². The van der Waals surface area contributed by atoms with Crippen LogP contribution in [0.5, 0.6) is 23.0 Å². The van der Waals surface area contributed by atoms with E-state index in [2.05, 4.69) is 21.9 Å². The number of unbranched alkanes of at least 4 members (excludes halogenated alkanes) is 1. The Labute approximate surface area is 195 Å². The van der Waals surface area contributed by atoms with E-state index in [4.69, 9.17) is 18.9 Å². The molecule has 33 heavy (non-hydrogen) atoms. The summed E-state index contributed by atoms with van der Waals surface area (Å²) in [5.41, 5.74) is 1.68. The van der Waals surface area contributed by atoms with Gasteiger partial charge in [0.25, 0.3) is 5.91 Å². The molecule has 0 aliphatic carbocycles. The zero-order valence-electron chi connectivity index (χ0n) is 19.7. The Morgan fingerprint density at radius 3 is 2.24 bits per heavy atom. The van der Waals surface area contributed by atoms with Crippen LogP contribution in [0.3, 0.4) is 0 Å². The molecule has 1 fully saturated rings. The van der Waals surface area contributed by atoms with Gasteiger partial charge in [0.15, 0.2) is 18.2 Å². The van der Waals surface area contributed by atoms with Crippen LogP contribution in [0.25, 0.3) is 0 Å². The smallest absolute Gasteiger partial charge is 0.260 e. The van der Waals surface area contributed by atoms with Gasteiger partial charge < -0.3 is 28.7 Å². The number of amides is 1. The van der Waals surface area contributed by atoms with Gasteiger partial charge >= 0.3 is 0 Å². The lowest BCUT2D eigenvalue weighted by Gasteiger charge is -2.36. The highest BCUT2D eigenvalue weighted by Crippen LogP contribution is 2.37. The van der Waals surface area contributed by atoms with Crippen molar-refractivity contribution >= 4 is 11.6 Å². The number of anilines is 1. The van der Waals surface area contributed by atoms with Crippen molar-refractivity contribution in [1.82, 2.24) is 9.80 Å². The number of piperazine rings is 1. The topological polar surface area (TPSA) is 63.7 Å². The van der Waals surface area contributed by atoms with E-state index in [0.29, 0.717) is 29.4 Å². The molecule has 2 aromatic rings. The molecule has 178 valence electrons. The number of hydrogen-bond acceptors (Lipinski definition) is 7. The van der Waals surface area contributed by atoms with Crippen LogP contribution in [-0.2, 0) is 0 Å². The van der Waals surface area contributed by atoms with E-state index in [1.54, 1.807) is 38.4 Å². The van der Waals surface area contributed by atoms with Gasteiger partial charge in [0.05, 0.1) is 32.6 Å². The van der Waals surface area contributed by atoms with Gasteiger partial charge in [0.2, 0.25) is 0 Å². The molecule has 2 aromatic carbocycles. The summed E-state index contributed by atoms with van der Waals surface area (Å²) in [4.78, 5) is 19.6. The van der Waals surface area contributed by atoms with Crippen LogP contribution in [0, 0.1) is 0 Å². The molecule has 0 saturated carbocycles. The van der Waals surface area contributed by atoms with Crippen LogP contribution in [-0.4, -0.2) is 83.0 Å². The molecule has 2 aliphatic heterocycles. The maximum atomic E-state index is 12.9. The van der Waals surface area contributed by atoms with Crippen LogP contribution in [0.15, 0.2) is 36.4 Å². The van der Waals surface area contributed by atoms with Crippen molar-refractivity contribution in [2.75, 3.05) is 72.2 Å². The Bertz CT molecular complexity index is 959. The second kappa shape index (κ2) is 10.7. The van der Waals surface area contributed by atoms with Crippen molar-refractivity contribution in [2.24, 2.45) is 0 Å². The predicted molar refractivity (Wildman–Crippen MR) is 127 cm³/mol. The first-order valence-electron chi connectivity index (χ1n) is 11.4. The first-order valence-corrected chi connectivity index (χ1v) is 11.4. The van der Waals surface area contributed by atoms with E-state index < -0.39 is 0 Å². The molecule has 2 aliphatic rings. The second-order valence-corrected chi connectivity index (χ2v) is 8.25. The number of fused-ring (bicyclic) bond motifs is 1. The zero-order valence-corrected chi connectivity index (χ0v) is 19.7. The van der Waals surface area contributed by atoms with Gasteiger partial charge in [0.1, 0.15) is 11.5 Å². The lowest BCUT2D eigenvalue weighted by atomic mass is 10.1. The molecular formula is C25H33N3O5. The number of nitrogens with zero attached hydrogens (tertiary/aromatic N) is 3. The molecule has 0 unspecified atom stereocenters. The average Bonchev–Trinajstić information content (AvgIpc) is 2.87. The lowest BCUT2D eigenvalue weighted by molar-refractivity contribution is 0.0513. The first-order chi connectivity index (χ1) is 16.1. The van der Waals surface area contributed by atoms with Crippen molar-refractivity contribution in [3.8, 4) is 23.0 Å². The molecule has 0 bridgehead atoms. The fourth-order valence-corrected chi connectivity index (χ4v) is 4.43. The predicted octanol–water partition coefficient (Wildman–Crippen LogP) is 3.11. The molecule has 1 amide bonds. The average molecular weight is 456 g/mol. The van der Waals surface area contributed by atoms with Gasteiger partial charge in [0, 0.05) is 44.9 Å². The number of ether oxygens (including phenoxy) is 4. The van der Waals surface area contributed by atoms with Gasteiger partial charge in [-0.3, -0.25) is 9.69 Å². The number of carbonyl (C=O) groups is 1. The quantitative estimate of drug-likeness (QED) is 0.539. The number of rotatable bonds is 9. The van der Waals surface area contributed by atoms with Gasteiger partial charge in [-0.25, -0.2) is 0 Å². The summed E-state index contributed by atoms with van der Waals surface area (Å²) < 4.78 is 22.0. The van der Waals surface area contributed by atoms with Crippen LogP contribution >= 0.6 is 0 Å². The standard InChI is InChI=1S/C25H33N3O5/c1-30-21-9-5-4-8-20(21)27-14-12-26(13-15-27)10-6-7-11-28-18-33-22-17-24(32-3)23(31-2)16-19(22)25(28)29/h4-5,8-9,16-17H,6-7,10-15,18H2,1-3H3. The number of benzene rings is 2. The van der Waals surface area contributed by atoms with Crippen LogP contribution < -0.4 is 23.8 Å². The Morgan fingerprint density at radius 1 is 0.848 bits per heavy atom. The minimum absolute atomic E-state index is 0.0253. The SMILES string of the molecule is COc1cc2c(cc1OC)C(=O)N(CCCCN1CCN(c3ccccc3OC)CC1)CO2. The van der Waals surface area contributed by atoms with E-state index in [1.807, 2.05) is 12.1 Å². The fourth-order valence-electron chi connectivity index (χ4n) is 4.43. The van der Waals surface area contributed by atoms with Gasteiger partial charge in [-0.1, -0.05) is 12.1 Å². The van der Waals surface area contributed by atoms with Gasteiger partial charge in [-0.2, -0.15) is 0 Å². The van der Waals surface area contributed by atoms with E-state index in [1.165, 1.54) is 0 Å². The van der Waals surface area contributed by atoms with E-state index in [9.17, 15) is 4.79 Å². The molecule has 8 heteroatoms. The molecule has 0 atom stereocenters. The molecule has 0 aromatic heterocycles. The minimum Gasteiger partial charge on any atom is -0.495 e. The largest absolute Gasteiger partial charge is 0.495 e. The zero-order chi connectivity index (χ0) is 23.2. The highest BCUT2D eigenvalue weighted by Gasteiger charge is 2.27. The van der Waals surface area contributed by atoms with Gasteiger partial charge in [-0.05, 0) is 31.5 Å². The number of carbonyl (C=O) groups excluding carboxylic acids is 1. The number of para-hydroxylation sites is 2.